The van der Waals surface area contributed by atoms with E-state index in [0.717, 1.165) is 10.4 Å². The highest BCUT2D eigenvalue weighted by Gasteiger charge is 2.12. The van der Waals surface area contributed by atoms with Crippen LogP contribution in [0.15, 0.2) is 36.0 Å². The van der Waals surface area contributed by atoms with Gasteiger partial charge in [0.05, 0.1) is 23.1 Å². The summed E-state index contributed by atoms with van der Waals surface area (Å²) >= 11 is 1.43. The van der Waals surface area contributed by atoms with Crippen LogP contribution in [0.4, 0.5) is 0 Å². The van der Waals surface area contributed by atoms with Crippen LogP contribution in [0.5, 0.6) is 0 Å². The lowest BCUT2D eigenvalue weighted by atomic mass is 10.1. The Kier molecular flexibility index (Phi) is 5.50. The highest BCUT2D eigenvalue weighted by atomic mass is 32.1. The SMILES string of the molecule is CC(NC(=O)c1csc(C#CCCO)c1)c1ccncc1. The van der Waals surface area contributed by atoms with E-state index in [2.05, 4.69) is 22.1 Å². The zero-order chi connectivity index (χ0) is 15.1. The molecule has 2 aromatic rings. The molecule has 0 radical (unpaired) electrons. The summed E-state index contributed by atoms with van der Waals surface area (Å²) in [6.45, 7) is 1.98. The number of carbonyl (C=O) groups excluding carboxylic acids is 1. The Hall–Kier alpha value is -2.16. The van der Waals surface area contributed by atoms with Gasteiger partial charge in [-0.3, -0.25) is 9.78 Å². The lowest BCUT2D eigenvalue weighted by Gasteiger charge is -2.13. The number of nitrogens with zero attached hydrogens (tertiary/aromatic N) is 1. The molecule has 4 nitrogen and oxygen atoms in total. The standard InChI is InChI=1S/C16H16N2O2S/c1-12(13-5-7-17-8-6-13)18-16(20)14-10-15(21-11-14)4-2-3-9-19/h5-8,10-12,19H,3,9H2,1H3,(H,18,20). The van der Waals surface area contributed by atoms with Crippen LogP contribution in [0.1, 0.15) is 40.2 Å². The Labute approximate surface area is 127 Å². The largest absolute Gasteiger partial charge is 0.395 e. The average Bonchev–Trinajstić information content (AvgIpc) is 2.97. The normalized spacial score (nSPS) is 11.3. The second-order valence-corrected chi connectivity index (χ2v) is 5.36. The number of hydrogen-bond acceptors (Lipinski definition) is 4. The first kappa shape index (κ1) is 15.2. The van der Waals surface area contributed by atoms with Crippen LogP contribution in [0.3, 0.4) is 0 Å². The number of aromatic nitrogens is 1. The molecular weight excluding hydrogens is 284 g/mol. The second-order valence-electron chi connectivity index (χ2n) is 4.45. The Morgan fingerprint density at radius 1 is 1.48 bits per heavy atom. The number of pyridine rings is 1. The fraction of sp³-hybridized carbons (Fsp3) is 0.250. The summed E-state index contributed by atoms with van der Waals surface area (Å²) in [5.74, 6) is 5.65. The fourth-order valence-corrected chi connectivity index (χ4v) is 2.50. The van der Waals surface area contributed by atoms with E-state index >= 15 is 0 Å². The third-order valence-electron chi connectivity index (χ3n) is 2.86. The van der Waals surface area contributed by atoms with Crippen molar-refractivity contribution in [2.45, 2.75) is 19.4 Å². The maximum absolute atomic E-state index is 12.2. The second kappa shape index (κ2) is 7.58. The van der Waals surface area contributed by atoms with Crippen molar-refractivity contribution in [3.8, 4) is 11.8 Å². The molecule has 1 amide bonds. The summed E-state index contributed by atoms with van der Waals surface area (Å²) in [6, 6.07) is 5.45. The van der Waals surface area contributed by atoms with Gasteiger partial charge >= 0.3 is 0 Å². The zero-order valence-corrected chi connectivity index (χ0v) is 12.5. The average molecular weight is 300 g/mol. The van der Waals surface area contributed by atoms with Crippen molar-refractivity contribution in [3.63, 3.8) is 0 Å². The molecule has 21 heavy (non-hydrogen) atoms. The molecule has 0 fully saturated rings. The van der Waals surface area contributed by atoms with Crippen LogP contribution >= 0.6 is 11.3 Å². The molecule has 0 bridgehead atoms. The minimum absolute atomic E-state index is 0.0508. The minimum Gasteiger partial charge on any atom is -0.395 e. The molecule has 2 rings (SSSR count). The maximum Gasteiger partial charge on any atom is 0.252 e. The van der Waals surface area contributed by atoms with Gasteiger partial charge in [0.1, 0.15) is 0 Å². The Morgan fingerprint density at radius 3 is 2.95 bits per heavy atom. The van der Waals surface area contributed by atoms with Crippen LogP contribution in [0.25, 0.3) is 0 Å². The zero-order valence-electron chi connectivity index (χ0n) is 11.7. The van der Waals surface area contributed by atoms with Crippen LogP contribution < -0.4 is 5.32 Å². The molecule has 0 spiro atoms. The maximum atomic E-state index is 12.2. The van der Waals surface area contributed by atoms with Crippen molar-refractivity contribution in [2.75, 3.05) is 6.61 Å². The molecule has 1 unspecified atom stereocenters. The van der Waals surface area contributed by atoms with Crippen molar-refractivity contribution >= 4 is 17.2 Å². The summed E-state index contributed by atoms with van der Waals surface area (Å²) in [5, 5.41) is 13.4. The number of thiophene rings is 1. The van der Waals surface area contributed by atoms with E-state index in [1.807, 2.05) is 19.1 Å². The van der Waals surface area contributed by atoms with Crippen molar-refractivity contribution in [2.24, 2.45) is 0 Å². The Bertz CT molecular complexity index is 656. The van der Waals surface area contributed by atoms with Gasteiger partial charge in [-0.1, -0.05) is 11.8 Å². The smallest absolute Gasteiger partial charge is 0.252 e. The summed E-state index contributed by atoms with van der Waals surface area (Å²) in [5.41, 5.74) is 1.62. The molecular formula is C16H16N2O2S. The molecule has 2 N–H and O–H groups in total. The van der Waals surface area contributed by atoms with Crippen molar-refractivity contribution in [1.82, 2.24) is 10.3 Å². The summed E-state index contributed by atoms with van der Waals surface area (Å²) in [7, 11) is 0. The monoisotopic (exact) mass is 300 g/mol. The third-order valence-corrected chi connectivity index (χ3v) is 3.71. The minimum atomic E-state index is -0.120. The third kappa shape index (κ3) is 4.42. The predicted molar refractivity (Wildman–Crippen MR) is 83.0 cm³/mol. The van der Waals surface area contributed by atoms with Crippen LogP contribution in [-0.2, 0) is 0 Å². The van der Waals surface area contributed by atoms with Crippen molar-refractivity contribution in [3.05, 3.63) is 52.0 Å². The highest BCUT2D eigenvalue weighted by Crippen LogP contribution is 2.16. The molecule has 0 saturated carbocycles. The fourth-order valence-electron chi connectivity index (χ4n) is 1.74. The van der Waals surface area contributed by atoms with Crippen LogP contribution in [0.2, 0.25) is 0 Å². The van der Waals surface area contributed by atoms with E-state index in [1.54, 1.807) is 23.8 Å². The van der Waals surface area contributed by atoms with Gasteiger partial charge in [0.25, 0.3) is 5.91 Å². The van der Waals surface area contributed by atoms with E-state index in [-0.39, 0.29) is 18.6 Å². The molecule has 5 heteroatoms. The van der Waals surface area contributed by atoms with Gasteiger partial charge in [-0.05, 0) is 30.7 Å². The summed E-state index contributed by atoms with van der Waals surface area (Å²) in [4.78, 5) is 16.9. The van der Waals surface area contributed by atoms with Gasteiger partial charge in [-0.25, -0.2) is 0 Å². The first-order valence-corrected chi connectivity index (χ1v) is 7.47. The molecule has 0 saturated heterocycles. The molecule has 0 aliphatic carbocycles. The van der Waals surface area contributed by atoms with Gasteiger partial charge in [0.2, 0.25) is 0 Å². The molecule has 2 heterocycles. The van der Waals surface area contributed by atoms with E-state index in [0.29, 0.717) is 12.0 Å². The molecule has 0 aromatic carbocycles. The lowest BCUT2D eigenvalue weighted by molar-refractivity contribution is 0.0940. The lowest BCUT2D eigenvalue weighted by Crippen LogP contribution is -2.26. The van der Waals surface area contributed by atoms with E-state index in [4.69, 9.17) is 5.11 Å². The van der Waals surface area contributed by atoms with Crippen LogP contribution in [0, 0.1) is 11.8 Å². The Balaban J connectivity index is 1.99. The predicted octanol–water partition coefficient (Wildman–Crippen LogP) is 2.37. The van der Waals surface area contributed by atoms with Gasteiger partial charge in [-0.15, -0.1) is 11.3 Å². The molecule has 108 valence electrons. The molecule has 0 aliphatic heterocycles. The number of aliphatic hydroxyl groups excluding tert-OH is 1. The molecule has 0 aliphatic rings. The number of amides is 1. The number of rotatable bonds is 4. The number of nitrogens with one attached hydrogen (secondary N) is 1. The van der Waals surface area contributed by atoms with Crippen molar-refractivity contribution in [1.29, 1.82) is 0 Å². The quantitative estimate of drug-likeness (QED) is 0.852. The van der Waals surface area contributed by atoms with E-state index in [1.165, 1.54) is 11.3 Å². The van der Waals surface area contributed by atoms with E-state index in [9.17, 15) is 4.79 Å². The summed E-state index contributed by atoms with van der Waals surface area (Å²) < 4.78 is 0. The highest BCUT2D eigenvalue weighted by molar-refractivity contribution is 7.10. The first-order valence-electron chi connectivity index (χ1n) is 6.59. The first-order chi connectivity index (χ1) is 10.2. The van der Waals surface area contributed by atoms with Crippen LogP contribution in [-0.4, -0.2) is 22.6 Å². The number of aliphatic hydroxyl groups is 1. The van der Waals surface area contributed by atoms with E-state index < -0.39 is 0 Å². The Morgan fingerprint density at radius 2 is 2.24 bits per heavy atom. The number of carbonyl (C=O) groups is 1. The number of hydrogen-bond donors (Lipinski definition) is 2. The topological polar surface area (TPSA) is 62.2 Å². The summed E-state index contributed by atoms with van der Waals surface area (Å²) in [6.07, 6.45) is 3.85. The van der Waals surface area contributed by atoms with Gasteiger partial charge in [0.15, 0.2) is 0 Å². The van der Waals surface area contributed by atoms with Gasteiger partial charge in [-0.2, -0.15) is 0 Å². The molecule has 1 atom stereocenters. The van der Waals surface area contributed by atoms with Gasteiger partial charge < -0.3 is 10.4 Å². The van der Waals surface area contributed by atoms with Crippen molar-refractivity contribution < 1.29 is 9.90 Å². The van der Waals surface area contributed by atoms with Gasteiger partial charge in [0, 0.05) is 24.2 Å². The molecule has 2 aromatic heterocycles.